The lowest BCUT2D eigenvalue weighted by Gasteiger charge is -2.20. The number of aliphatic hydroxyl groups excluding tert-OH is 1. The van der Waals surface area contributed by atoms with Gasteiger partial charge in [-0.3, -0.25) is 0 Å². The summed E-state index contributed by atoms with van der Waals surface area (Å²) in [6.45, 7) is 10.7. The van der Waals surface area contributed by atoms with Gasteiger partial charge in [0.05, 0.1) is 19.3 Å². The van der Waals surface area contributed by atoms with E-state index in [1.807, 2.05) is 13.8 Å². The fourth-order valence-electron chi connectivity index (χ4n) is 2.02. The first-order valence-corrected chi connectivity index (χ1v) is 6.97. The van der Waals surface area contributed by atoms with Crippen LogP contribution in [0.15, 0.2) is 12.1 Å². The molecule has 2 unspecified atom stereocenters. The molecule has 1 rings (SSSR count). The highest BCUT2D eigenvalue weighted by Crippen LogP contribution is 2.26. The summed E-state index contributed by atoms with van der Waals surface area (Å²) in [7, 11) is 0. The van der Waals surface area contributed by atoms with Gasteiger partial charge >= 0.3 is 0 Å². The van der Waals surface area contributed by atoms with E-state index < -0.39 is 0 Å². The minimum absolute atomic E-state index is 0.0288. The van der Waals surface area contributed by atoms with Crippen molar-refractivity contribution >= 4 is 0 Å². The first kappa shape index (κ1) is 16.0. The molecule has 0 aromatic heterocycles. The summed E-state index contributed by atoms with van der Waals surface area (Å²) < 4.78 is 11.4. The van der Waals surface area contributed by atoms with Crippen LogP contribution in [0.3, 0.4) is 0 Å². The van der Waals surface area contributed by atoms with Crippen molar-refractivity contribution in [1.29, 1.82) is 0 Å². The number of aliphatic hydroxyl groups is 1. The summed E-state index contributed by atoms with van der Waals surface area (Å²) in [4.78, 5) is 0. The summed E-state index contributed by atoms with van der Waals surface area (Å²) in [5.41, 5.74) is 3.66. The Morgan fingerprint density at radius 2 is 1.68 bits per heavy atom. The van der Waals surface area contributed by atoms with Crippen molar-refractivity contribution in [3.05, 3.63) is 28.8 Å². The molecule has 0 bridgehead atoms. The van der Waals surface area contributed by atoms with Gasteiger partial charge < -0.3 is 14.6 Å². The average Bonchev–Trinajstić information content (AvgIpc) is 2.39. The first-order valence-electron chi connectivity index (χ1n) is 6.97. The Balaban J connectivity index is 2.66. The molecule has 1 aromatic rings. The number of ether oxygens (including phenoxy) is 2. The molecular weight excluding hydrogens is 240 g/mol. The molecule has 19 heavy (non-hydrogen) atoms. The lowest BCUT2D eigenvalue weighted by molar-refractivity contribution is -0.0112. The van der Waals surface area contributed by atoms with E-state index in [2.05, 4.69) is 32.9 Å². The molecule has 1 N–H and O–H groups in total. The van der Waals surface area contributed by atoms with Gasteiger partial charge in [-0.25, -0.2) is 0 Å². The van der Waals surface area contributed by atoms with Crippen LogP contribution in [-0.4, -0.2) is 30.5 Å². The zero-order valence-electron chi connectivity index (χ0n) is 12.7. The fraction of sp³-hybridized carbons (Fsp3) is 0.625. The number of benzene rings is 1. The molecule has 0 aliphatic rings. The Bertz CT molecular complexity index is 378. The Labute approximate surface area is 116 Å². The van der Waals surface area contributed by atoms with E-state index in [1.165, 1.54) is 16.7 Å². The van der Waals surface area contributed by atoms with Gasteiger partial charge in [0.1, 0.15) is 11.9 Å². The minimum atomic E-state index is -0.143. The molecule has 0 radical (unpaired) electrons. The highest BCUT2D eigenvalue weighted by molar-refractivity contribution is 5.43. The molecule has 2 atom stereocenters. The van der Waals surface area contributed by atoms with Crippen LogP contribution in [0.1, 0.15) is 37.5 Å². The lowest BCUT2D eigenvalue weighted by atomic mass is 10.0. The maximum atomic E-state index is 8.92. The van der Waals surface area contributed by atoms with Gasteiger partial charge in [0, 0.05) is 0 Å². The Kier molecular flexibility index (Phi) is 6.32. The highest BCUT2D eigenvalue weighted by Gasteiger charge is 2.11. The molecule has 1 aromatic carbocycles. The zero-order valence-corrected chi connectivity index (χ0v) is 12.7. The SMILES string of the molecule is CCc1cc(C)c(OC(C)COC(C)CO)c(C)c1. The van der Waals surface area contributed by atoms with E-state index in [4.69, 9.17) is 14.6 Å². The van der Waals surface area contributed by atoms with Gasteiger partial charge in [-0.1, -0.05) is 19.1 Å². The maximum Gasteiger partial charge on any atom is 0.125 e. The van der Waals surface area contributed by atoms with Crippen molar-refractivity contribution in [3.8, 4) is 5.75 Å². The summed E-state index contributed by atoms with van der Waals surface area (Å²) in [5, 5.41) is 8.92. The Hall–Kier alpha value is -1.06. The monoisotopic (exact) mass is 266 g/mol. The molecule has 0 heterocycles. The summed E-state index contributed by atoms with van der Waals surface area (Å²) >= 11 is 0. The van der Waals surface area contributed by atoms with Gasteiger partial charge in [0.25, 0.3) is 0 Å². The topological polar surface area (TPSA) is 38.7 Å². The second kappa shape index (κ2) is 7.51. The van der Waals surface area contributed by atoms with E-state index >= 15 is 0 Å². The normalized spacial score (nSPS) is 14.2. The Morgan fingerprint density at radius 1 is 1.11 bits per heavy atom. The van der Waals surface area contributed by atoms with Crippen molar-refractivity contribution in [2.45, 2.75) is 53.2 Å². The van der Waals surface area contributed by atoms with Crippen LogP contribution in [0.2, 0.25) is 0 Å². The third kappa shape index (κ3) is 4.84. The lowest BCUT2D eigenvalue weighted by Crippen LogP contribution is -2.24. The van der Waals surface area contributed by atoms with Gasteiger partial charge in [-0.2, -0.15) is 0 Å². The number of hydrogen-bond donors (Lipinski definition) is 1. The molecule has 0 aliphatic heterocycles. The van der Waals surface area contributed by atoms with E-state index in [0.29, 0.717) is 6.61 Å². The van der Waals surface area contributed by atoms with E-state index in [0.717, 1.165) is 12.2 Å². The van der Waals surface area contributed by atoms with Gasteiger partial charge in [-0.15, -0.1) is 0 Å². The zero-order chi connectivity index (χ0) is 14.4. The molecule has 0 amide bonds. The van der Waals surface area contributed by atoms with E-state index in [1.54, 1.807) is 0 Å². The van der Waals surface area contributed by atoms with Crippen LogP contribution in [0, 0.1) is 13.8 Å². The summed E-state index contributed by atoms with van der Waals surface area (Å²) in [6.07, 6.45) is 0.865. The Morgan fingerprint density at radius 3 is 2.16 bits per heavy atom. The summed E-state index contributed by atoms with van der Waals surface area (Å²) in [6, 6.07) is 4.35. The average molecular weight is 266 g/mol. The van der Waals surface area contributed by atoms with Crippen LogP contribution < -0.4 is 4.74 Å². The van der Waals surface area contributed by atoms with Gasteiger partial charge in [-0.05, 0) is 50.8 Å². The summed E-state index contributed by atoms with van der Waals surface area (Å²) in [5.74, 6) is 0.949. The maximum absolute atomic E-state index is 8.92. The van der Waals surface area contributed by atoms with Crippen LogP contribution in [0.4, 0.5) is 0 Å². The van der Waals surface area contributed by atoms with Crippen LogP contribution >= 0.6 is 0 Å². The van der Waals surface area contributed by atoms with Crippen molar-refractivity contribution < 1.29 is 14.6 Å². The van der Waals surface area contributed by atoms with Crippen LogP contribution in [-0.2, 0) is 11.2 Å². The highest BCUT2D eigenvalue weighted by atomic mass is 16.5. The predicted molar refractivity (Wildman–Crippen MR) is 77.9 cm³/mol. The smallest absolute Gasteiger partial charge is 0.125 e. The number of aryl methyl sites for hydroxylation is 3. The quantitative estimate of drug-likeness (QED) is 0.824. The molecule has 0 saturated carbocycles. The van der Waals surface area contributed by atoms with Crippen molar-refractivity contribution in [2.24, 2.45) is 0 Å². The standard InChI is InChI=1S/C16H26O3/c1-6-15-7-11(2)16(12(3)8-15)19-14(5)10-18-13(4)9-17/h7-8,13-14,17H,6,9-10H2,1-5H3. The molecular formula is C16H26O3. The van der Waals surface area contributed by atoms with E-state index in [9.17, 15) is 0 Å². The van der Waals surface area contributed by atoms with E-state index in [-0.39, 0.29) is 18.8 Å². The van der Waals surface area contributed by atoms with Crippen molar-refractivity contribution in [3.63, 3.8) is 0 Å². The van der Waals surface area contributed by atoms with Crippen LogP contribution in [0.5, 0.6) is 5.75 Å². The third-order valence-corrected chi connectivity index (χ3v) is 3.12. The number of hydrogen-bond acceptors (Lipinski definition) is 3. The molecule has 3 nitrogen and oxygen atoms in total. The predicted octanol–water partition coefficient (Wildman–Crippen LogP) is 3.03. The van der Waals surface area contributed by atoms with Crippen molar-refractivity contribution in [2.75, 3.05) is 13.2 Å². The van der Waals surface area contributed by atoms with Crippen molar-refractivity contribution in [1.82, 2.24) is 0 Å². The second-order valence-corrected chi connectivity index (χ2v) is 5.17. The molecule has 3 heteroatoms. The molecule has 108 valence electrons. The van der Waals surface area contributed by atoms with Gasteiger partial charge in [0.2, 0.25) is 0 Å². The fourth-order valence-corrected chi connectivity index (χ4v) is 2.02. The molecule has 0 saturated heterocycles. The van der Waals surface area contributed by atoms with Gasteiger partial charge in [0.15, 0.2) is 0 Å². The molecule has 0 fully saturated rings. The first-order chi connectivity index (χ1) is 8.97. The molecule has 0 spiro atoms. The molecule has 0 aliphatic carbocycles. The second-order valence-electron chi connectivity index (χ2n) is 5.17. The van der Waals surface area contributed by atoms with Crippen LogP contribution in [0.25, 0.3) is 0 Å². The third-order valence-electron chi connectivity index (χ3n) is 3.12. The number of rotatable bonds is 7. The largest absolute Gasteiger partial charge is 0.488 e. The minimum Gasteiger partial charge on any atom is -0.488 e.